The van der Waals surface area contributed by atoms with Crippen LogP contribution in [-0.4, -0.2) is 17.6 Å². The fourth-order valence-electron chi connectivity index (χ4n) is 2.36. The summed E-state index contributed by atoms with van der Waals surface area (Å²) in [6, 6.07) is 0.166. The fourth-order valence-corrected chi connectivity index (χ4v) is 2.36. The molecule has 196 valence electrons. The van der Waals surface area contributed by atoms with Crippen LogP contribution in [0.2, 0.25) is 0 Å². The van der Waals surface area contributed by atoms with Crippen LogP contribution in [0.5, 0.6) is 0 Å². The third kappa shape index (κ3) is 32.3. The average molecular weight is 511 g/mol. The minimum atomic E-state index is 0. The molecule has 0 bridgehead atoms. The van der Waals surface area contributed by atoms with E-state index >= 15 is 0 Å². The van der Waals surface area contributed by atoms with Crippen molar-refractivity contribution in [2.75, 3.05) is 0 Å². The minimum absolute atomic E-state index is 0. The van der Waals surface area contributed by atoms with Gasteiger partial charge in [0, 0.05) is 34.7 Å². The molecule has 0 aliphatic heterocycles. The Kier molecular flexibility index (Phi) is 38.7. The molecular formula is C30H52CrNO2-. The average Bonchev–Trinajstić information content (AvgIpc) is 2.76. The summed E-state index contributed by atoms with van der Waals surface area (Å²) in [5, 5.41) is 3.36. The molecule has 0 fully saturated rings. The number of hydrogen-bond donors (Lipinski definition) is 1. The predicted octanol–water partition coefficient (Wildman–Crippen LogP) is 8.51. The van der Waals surface area contributed by atoms with Crippen molar-refractivity contribution in [3.63, 3.8) is 0 Å². The molecule has 0 aliphatic carbocycles. The van der Waals surface area contributed by atoms with Crippen LogP contribution < -0.4 is 5.32 Å². The largest absolute Gasteiger partial charge is 0.384 e. The second kappa shape index (κ2) is 31.1. The molecule has 0 radical (unpaired) electrons. The molecule has 2 atom stereocenters. The maximum Gasteiger partial charge on any atom is 0.159 e. The van der Waals surface area contributed by atoms with E-state index in [1.54, 1.807) is 18.2 Å². The fraction of sp³-hybridized carbons (Fsp3) is 0.533. The van der Waals surface area contributed by atoms with E-state index in [0.29, 0.717) is 5.57 Å². The number of hydrogen-bond acceptors (Lipinski definition) is 3. The van der Waals surface area contributed by atoms with Crippen molar-refractivity contribution in [2.45, 2.75) is 101 Å². The first-order valence-electron chi connectivity index (χ1n) is 12.1. The predicted molar refractivity (Wildman–Crippen MR) is 149 cm³/mol. The Morgan fingerprint density at radius 1 is 1.03 bits per heavy atom. The Balaban J connectivity index is -0.000000165. The van der Waals surface area contributed by atoms with Crippen LogP contribution in [0.1, 0.15) is 95.4 Å². The standard InChI is InChI=1S/C18H24NO.C7H16.C3H6O.C2H6.Cr/c1-7-10-11-17(8-2)15(5)19-14(4)12-13-18(9-3)16(6)20;1-4-6-7(3)5-2;1-3(2)4;1-2;/h8-13,15,19H,1,3H2,2,4-6H3;7H,4-6H2,1-3H3;1-2H3;1-2H3;/q-1;;;;/b11-10-,14-12+,17-8+,18-13+;;;;/t15-;7-;;;/m01.../s1. The zero-order valence-electron chi connectivity index (χ0n) is 23.9. The Hall–Kier alpha value is -1.89. The molecular weight excluding hydrogens is 458 g/mol. The Morgan fingerprint density at radius 3 is 1.82 bits per heavy atom. The molecule has 0 aromatic heterocycles. The summed E-state index contributed by atoms with van der Waals surface area (Å²) in [7, 11) is 0. The van der Waals surface area contributed by atoms with Crippen molar-refractivity contribution in [3.8, 4) is 0 Å². The quantitative estimate of drug-likeness (QED) is 0.172. The second-order valence-electron chi connectivity index (χ2n) is 7.63. The smallest absolute Gasteiger partial charge is 0.159 e. The van der Waals surface area contributed by atoms with Crippen molar-refractivity contribution in [2.24, 2.45) is 5.92 Å². The number of carbonyl (C=O) groups excluding carboxylic acids is 2. The first kappa shape index (κ1) is 42.3. The second-order valence-corrected chi connectivity index (χ2v) is 7.63. The van der Waals surface area contributed by atoms with Crippen LogP contribution in [0.15, 0.2) is 66.5 Å². The molecule has 0 saturated carbocycles. The number of Topliss-reactive ketones (excluding diaryl/α,β-unsaturated/α-hetero) is 2. The number of rotatable bonds is 11. The van der Waals surface area contributed by atoms with Gasteiger partial charge >= 0.3 is 0 Å². The van der Waals surface area contributed by atoms with E-state index in [9.17, 15) is 9.59 Å². The zero-order chi connectivity index (χ0) is 26.8. The molecule has 0 rings (SSSR count). The molecule has 0 amide bonds. The normalized spacial score (nSPS) is 12.7. The van der Waals surface area contributed by atoms with Crippen LogP contribution in [0.3, 0.4) is 0 Å². The van der Waals surface area contributed by atoms with Crippen molar-refractivity contribution < 1.29 is 27.0 Å². The summed E-state index contributed by atoms with van der Waals surface area (Å²) in [5.41, 5.74) is 2.73. The van der Waals surface area contributed by atoms with Gasteiger partial charge in [-0.15, -0.1) is 11.6 Å². The van der Waals surface area contributed by atoms with E-state index in [1.165, 1.54) is 40.0 Å². The summed E-state index contributed by atoms with van der Waals surface area (Å²) in [6.07, 6.45) is 17.8. The van der Waals surface area contributed by atoms with Crippen molar-refractivity contribution in [1.82, 2.24) is 5.32 Å². The van der Waals surface area contributed by atoms with Crippen LogP contribution >= 0.6 is 0 Å². The van der Waals surface area contributed by atoms with E-state index in [0.717, 1.165) is 17.2 Å². The third-order valence-corrected chi connectivity index (χ3v) is 4.29. The number of nitrogens with one attached hydrogen (secondary N) is 1. The van der Waals surface area contributed by atoms with E-state index in [4.69, 9.17) is 0 Å². The third-order valence-electron chi connectivity index (χ3n) is 4.29. The molecule has 0 aromatic carbocycles. The summed E-state index contributed by atoms with van der Waals surface area (Å²) >= 11 is 0. The van der Waals surface area contributed by atoms with Gasteiger partial charge < -0.3 is 10.1 Å². The number of allylic oxidation sites excluding steroid dienone is 8. The van der Waals surface area contributed by atoms with Crippen molar-refractivity contribution in [3.05, 3.63) is 72.5 Å². The van der Waals surface area contributed by atoms with Crippen LogP contribution in [0, 0.1) is 12.0 Å². The Morgan fingerprint density at radius 2 is 1.53 bits per heavy atom. The van der Waals surface area contributed by atoms with E-state index in [-0.39, 0.29) is 35.0 Å². The molecule has 0 saturated heterocycles. The topological polar surface area (TPSA) is 46.2 Å². The van der Waals surface area contributed by atoms with Crippen LogP contribution in [0.25, 0.3) is 0 Å². The number of carbonyl (C=O) groups is 2. The summed E-state index contributed by atoms with van der Waals surface area (Å²) in [5.74, 6) is 1.13. The molecule has 3 nitrogen and oxygen atoms in total. The molecule has 0 spiro atoms. The van der Waals surface area contributed by atoms with Crippen LogP contribution in [0.4, 0.5) is 0 Å². The SMILES string of the molecule is C=[C-]/C=C\C(=C/C)[C@H](C)N/C(C)=C/C=C(\C=C)C(C)=O.CC.CC(C)=O.CCC[C@H](C)CC.[Cr]. The van der Waals surface area contributed by atoms with Gasteiger partial charge in [-0.2, -0.15) is 6.58 Å². The van der Waals surface area contributed by atoms with Gasteiger partial charge in [0.25, 0.3) is 0 Å². The van der Waals surface area contributed by atoms with Gasteiger partial charge in [-0.3, -0.25) is 10.9 Å². The molecule has 0 aromatic rings. The molecule has 34 heavy (non-hydrogen) atoms. The van der Waals surface area contributed by atoms with Gasteiger partial charge in [-0.05, 0) is 59.6 Å². The van der Waals surface area contributed by atoms with E-state index in [2.05, 4.69) is 52.2 Å². The Bertz CT molecular complexity index is 651. The van der Waals surface area contributed by atoms with Gasteiger partial charge in [0.15, 0.2) is 5.78 Å². The van der Waals surface area contributed by atoms with Gasteiger partial charge in [-0.25, -0.2) is 12.2 Å². The molecule has 0 unspecified atom stereocenters. The molecule has 4 heteroatoms. The molecule has 0 heterocycles. The molecule has 0 aliphatic rings. The minimum Gasteiger partial charge on any atom is -0.384 e. The summed E-state index contributed by atoms with van der Waals surface area (Å²) in [6.45, 7) is 28.6. The Labute approximate surface area is 223 Å². The van der Waals surface area contributed by atoms with Gasteiger partial charge in [0.2, 0.25) is 0 Å². The van der Waals surface area contributed by atoms with Crippen molar-refractivity contribution >= 4 is 11.6 Å². The van der Waals surface area contributed by atoms with Crippen molar-refractivity contribution in [1.29, 1.82) is 0 Å². The maximum absolute atomic E-state index is 11.3. The number of ketones is 2. The summed E-state index contributed by atoms with van der Waals surface area (Å²) < 4.78 is 0. The summed E-state index contributed by atoms with van der Waals surface area (Å²) in [4.78, 5) is 20.7. The zero-order valence-corrected chi connectivity index (χ0v) is 25.2. The van der Waals surface area contributed by atoms with Gasteiger partial charge in [0.05, 0.1) is 0 Å². The van der Waals surface area contributed by atoms with Gasteiger partial charge in [0.1, 0.15) is 5.78 Å². The maximum atomic E-state index is 11.3. The monoisotopic (exact) mass is 510 g/mol. The van der Waals surface area contributed by atoms with E-state index < -0.39 is 0 Å². The van der Waals surface area contributed by atoms with Crippen LogP contribution in [-0.2, 0) is 27.0 Å². The van der Waals surface area contributed by atoms with Gasteiger partial charge in [-0.1, -0.05) is 66.5 Å². The van der Waals surface area contributed by atoms with E-state index in [1.807, 2.05) is 45.9 Å². The molecule has 1 N–H and O–H groups in total. The first-order valence-corrected chi connectivity index (χ1v) is 12.1. The first-order chi connectivity index (χ1) is 15.5.